The van der Waals surface area contributed by atoms with E-state index in [1.165, 1.54) is 12.3 Å². The van der Waals surface area contributed by atoms with Gasteiger partial charge < -0.3 is 14.6 Å². The van der Waals surface area contributed by atoms with Crippen LogP contribution in [0.5, 0.6) is 0 Å². The quantitative estimate of drug-likeness (QED) is 0.649. The second-order valence-electron chi connectivity index (χ2n) is 5.86. The van der Waals surface area contributed by atoms with Gasteiger partial charge in [0.25, 0.3) is 11.6 Å². The van der Waals surface area contributed by atoms with Crippen molar-refractivity contribution in [1.82, 2.24) is 9.88 Å². The lowest BCUT2D eigenvalue weighted by Gasteiger charge is -2.17. The Kier molecular flexibility index (Phi) is 2.41. The van der Waals surface area contributed by atoms with Crippen molar-refractivity contribution in [2.24, 2.45) is 11.8 Å². The lowest BCUT2D eigenvalue weighted by molar-refractivity contribution is -0.384. The van der Waals surface area contributed by atoms with Crippen LogP contribution < -0.4 is 0 Å². The molecule has 106 valence electrons. The number of ether oxygens (including phenoxy) is 1. The van der Waals surface area contributed by atoms with Gasteiger partial charge in [-0.05, 0) is 12.8 Å². The fourth-order valence-electron chi connectivity index (χ4n) is 3.91. The van der Waals surface area contributed by atoms with E-state index in [1.807, 2.05) is 0 Å². The molecular weight excluding hydrogens is 262 g/mol. The molecule has 4 rings (SSSR count). The summed E-state index contributed by atoms with van der Waals surface area (Å²) in [5.41, 5.74) is 0.223. The smallest absolute Gasteiger partial charge is 0.287 e. The number of nitrogens with zero attached hydrogens (tertiary/aromatic N) is 2. The summed E-state index contributed by atoms with van der Waals surface area (Å²) < 4.78 is 5.87. The molecule has 3 fully saturated rings. The molecule has 2 bridgehead atoms. The minimum atomic E-state index is -0.500. The first-order valence-corrected chi connectivity index (χ1v) is 6.91. The van der Waals surface area contributed by atoms with Crippen molar-refractivity contribution in [2.45, 2.75) is 25.0 Å². The van der Waals surface area contributed by atoms with Gasteiger partial charge in [-0.25, -0.2) is 0 Å². The van der Waals surface area contributed by atoms with E-state index in [9.17, 15) is 14.9 Å². The van der Waals surface area contributed by atoms with E-state index in [4.69, 9.17) is 4.74 Å². The molecule has 1 amide bonds. The summed E-state index contributed by atoms with van der Waals surface area (Å²) in [6.45, 7) is 1.41. The van der Waals surface area contributed by atoms with Crippen LogP contribution in [0.1, 0.15) is 23.3 Å². The topological polar surface area (TPSA) is 88.5 Å². The van der Waals surface area contributed by atoms with Crippen LogP contribution in [-0.2, 0) is 4.74 Å². The molecule has 0 aliphatic carbocycles. The average molecular weight is 277 g/mol. The number of hydrogen-bond acceptors (Lipinski definition) is 4. The molecule has 0 radical (unpaired) electrons. The summed E-state index contributed by atoms with van der Waals surface area (Å²) in [7, 11) is 0. The highest BCUT2D eigenvalue weighted by Gasteiger charge is 2.53. The van der Waals surface area contributed by atoms with Gasteiger partial charge in [0.05, 0.1) is 23.3 Å². The van der Waals surface area contributed by atoms with Gasteiger partial charge in [0.1, 0.15) is 5.69 Å². The first-order chi connectivity index (χ1) is 9.63. The number of H-pyrrole nitrogens is 1. The Balaban J connectivity index is 1.51. The molecule has 1 N–H and O–H groups in total. The number of nitro groups is 1. The number of aromatic nitrogens is 1. The largest absolute Gasteiger partial charge is 0.374 e. The Bertz CT molecular complexity index is 566. The number of hydrogen-bond donors (Lipinski definition) is 1. The summed E-state index contributed by atoms with van der Waals surface area (Å²) >= 11 is 0. The maximum absolute atomic E-state index is 12.4. The van der Waals surface area contributed by atoms with Gasteiger partial charge in [0.15, 0.2) is 0 Å². The maximum Gasteiger partial charge on any atom is 0.287 e. The van der Waals surface area contributed by atoms with E-state index in [1.54, 1.807) is 4.90 Å². The molecule has 1 aromatic rings. The van der Waals surface area contributed by atoms with Crippen LogP contribution >= 0.6 is 0 Å². The van der Waals surface area contributed by atoms with Crippen molar-refractivity contribution in [3.8, 4) is 0 Å². The zero-order chi connectivity index (χ0) is 13.9. The van der Waals surface area contributed by atoms with Crippen LogP contribution in [0.15, 0.2) is 12.3 Å². The molecule has 7 heteroatoms. The molecule has 3 aliphatic rings. The van der Waals surface area contributed by atoms with Gasteiger partial charge >= 0.3 is 0 Å². The summed E-state index contributed by atoms with van der Waals surface area (Å²) in [5.74, 6) is 0.747. The van der Waals surface area contributed by atoms with Gasteiger partial charge in [0, 0.05) is 31.0 Å². The van der Waals surface area contributed by atoms with Crippen molar-refractivity contribution in [3.63, 3.8) is 0 Å². The van der Waals surface area contributed by atoms with Crippen LogP contribution in [-0.4, -0.2) is 46.0 Å². The fraction of sp³-hybridized carbons (Fsp3) is 0.615. The van der Waals surface area contributed by atoms with Crippen molar-refractivity contribution in [2.75, 3.05) is 13.1 Å². The minimum Gasteiger partial charge on any atom is -0.374 e. The number of nitrogens with one attached hydrogen (secondary N) is 1. The van der Waals surface area contributed by atoms with E-state index >= 15 is 0 Å². The van der Waals surface area contributed by atoms with Crippen LogP contribution in [0.4, 0.5) is 5.69 Å². The lowest BCUT2D eigenvalue weighted by atomic mass is 9.82. The number of likely N-dealkylation sites (tertiary alicyclic amines) is 1. The molecule has 0 aromatic carbocycles. The predicted molar refractivity (Wildman–Crippen MR) is 68.2 cm³/mol. The van der Waals surface area contributed by atoms with Crippen molar-refractivity contribution < 1.29 is 14.5 Å². The minimum absolute atomic E-state index is 0.0730. The van der Waals surface area contributed by atoms with Crippen molar-refractivity contribution in [1.29, 1.82) is 0 Å². The fourth-order valence-corrected chi connectivity index (χ4v) is 3.91. The van der Waals surface area contributed by atoms with E-state index in [0.717, 1.165) is 12.8 Å². The molecule has 0 spiro atoms. The van der Waals surface area contributed by atoms with Gasteiger partial charge in [-0.3, -0.25) is 14.9 Å². The van der Waals surface area contributed by atoms with Crippen LogP contribution in [0.25, 0.3) is 0 Å². The van der Waals surface area contributed by atoms with Crippen LogP contribution in [0.2, 0.25) is 0 Å². The zero-order valence-corrected chi connectivity index (χ0v) is 10.8. The molecular formula is C13H15N3O4. The van der Waals surface area contributed by atoms with Gasteiger partial charge in [-0.15, -0.1) is 0 Å². The predicted octanol–water partition coefficient (Wildman–Crippen LogP) is 1.17. The second kappa shape index (κ2) is 4.05. The molecule has 1 aromatic heterocycles. The van der Waals surface area contributed by atoms with Crippen LogP contribution in [0.3, 0.4) is 0 Å². The number of rotatable bonds is 2. The molecule has 7 nitrogen and oxygen atoms in total. The monoisotopic (exact) mass is 277 g/mol. The molecule has 3 saturated heterocycles. The van der Waals surface area contributed by atoms with Crippen molar-refractivity contribution >= 4 is 11.6 Å². The van der Waals surface area contributed by atoms with E-state index < -0.39 is 4.92 Å². The first kappa shape index (κ1) is 11.9. The Labute approximate surface area is 115 Å². The highest BCUT2D eigenvalue weighted by atomic mass is 16.6. The maximum atomic E-state index is 12.4. The Morgan fingerprint density at radius 1 is 1.35 bits per heavy atom. The highest BCUT2D eigenvalue weighted by molar-refractivity contribution is 5.93. The Hall–Kier alpha value is -1.89. The molecule has 3 aliphatic heterocycles. The third-order valence-corrected chi connectivity index (χ3v) is 4.85. The average Bonchev–Trinajstić information content (AvgIpc) is 3.17. The number of aromatic amines is 1. The van der Waals surface area contributed by atoms with E-state index in [-0.39, 0.29) is 11.6 Å². The molecule has 4 atom stereocenters. The summed E-state index contributed by atoms with van der Waals surface area (Å²) in [6.07, 6.45) is 4.07. The number of amides is 1. The third kappa shape index (κ3) is 1.59. The van der Waals surface area contributed by atoms with Gasteiger partial charge in [0.2, 0.25) is 0 Å². The van der Waals surface area contributed by atoms with Gasteiger partial charge in [-0.2, -0.15) is 0 Å². The number of carbonyl (C=O) groups excluding carboxylic acids is 1. The van der Waals surface area contributed by atoms with E-state index in [2.05, 4.69) is 4.98 Å². The summed E-state index contributed by atoms with van der Waals surface area (Å²) in [4.78, 5) is 27.0. The summed E-state index contributed by atoms with van der Waals surface area (Å²) in [6, 6.07) is 1.31. The molecule has 0 saturated carbocycles. The Morgan fingerprint density at radius 2 is 2.00 bits per heavy atom. The zero-order valence-electron chi connectivity index (χ0n) is 10.8. The normalized spacial score (nSPS) is 34.5. The van der Waals surface area contributed by atoms with Gasteiger partial charge in [-0.1, -0.05) is 0 Å². The molecule has 4 heterocycles. The second-order valence-corrected chi connectivity index (χ2v) is 5.86. The summed E-state index contributed by atoms with van der Waals surface area (Å²) in [5, 5.41) is 10.7. The lowest BCUT2D eigenvalue weighted by Crippen LogP contribution is -2.31. The SMILES string of the molecule is O=C(c1cc([N+](=O)[O-])c[nH]1)N1C[C@@H]2[C@@H](C1)[C@H]1CC[C@H]2O1. The molecule has 20 heavy (non-hydrogen) atoms. The number of fused-ring (bicyclic) bond motifs is 5. The van der Waals surface area contributed by atoms with Crippen LogP contribution in [0, 0.1) is 22.0 Å². The van der Waals surface area contributed by atoms with Crippen molar-refractivity contribution in [3.05, 3.63) is 28.1 Å². The standard InChI is InChI=1S/C13H15N3O4/c17-13(10-3-7(4-14-10)16(18)19)15-5-8-9(6-15)12-2-1-11(8)20-12/h3-4,8-9,11-12,14H,1-2,5-6H2/t8-,9-,11-,12-/m1/s1. The molecule has 0 unspecified atom stereocenters. The highest BCUT2D eigenvalue weighted by Crippen LogP contribution is 2.47. The number of carbonyl (C=O) groups is 1. The third-order valence-electron chi connectivity index (χ3n) is 4.85. The Morgan fingerprint density at radius 3 is 2.55 bits per heavy atom. The first-order valence-electron chi connectivity index (χ1n) is 6.91. The van der Waals surface area contributed by atoms with E-state index in [0.29, 0.717) is 42.8 Å².